The van der Waals surface area contributed by atoms with Gasteiger partial charge in [-0.05, 0) is 128 Å². The van der Waals surface area contributed by atoms with Gasteiger partial charge in [-0.1, -0.05) is 72.8 Å². The smallest absolute Gasteiger partial charge is 0.137 e. The maximum absolute atomic E-state index is 6.46. The first kappa shape index (κ1) is 28.0. The van der Waals surface area contributed by atoms with Crippen molar-refractivity contribution in [1.29, 1.82) is 0 Å². The van der Waals surface area contributed by atoms with Gasteiger partial charge in [-0.15, -0.1) is 0 Å². The van der Waals surface area contributed by atoms with Crippen molar-refractivity contribution in [3.8, 4) is 0 Å². The van der Waals surface area contributed by atoms with E-state index in [1.54, 1.807) is 0 Å². The average molecular weight is 611 g/mol. The van der Waals surface area contributed by atoms with E-state index in [1.807, 2.05) is 0 Å². The fourth-order valence-electron chi connectivity index (χ4n) is 8.16. The van der Waals surface area contributed by atoms with Crippen LogP contribution in [-0.4, -0.2) is 0 Å². The molecule has 2 aliphatic rings. The minimum Gasteiger partial charge on any atom is -0.456 e. The molecule has 0 saturated heterocycles. The fourth-order valence-corrected chi connectivity index (χ4v) is 8.16. The summed E-state index contributed by atoms with van der Waals surface area (Å²) in [6, 6.07) is 48.2. The number of anilines is 6. The molecule has 0 amide bonds. The van der Waals surface area contributed by atoms with Crippen LogP contribution in [-0.2, 0) is 25.7 Å². The van der Waals surface area contributed by atoms with Crippen molar-refractivity contribution in [3.05, 3.63) is 156 Å². The van der Waals surface area contributed by atoms with E-state index < -0.39 is 0 Å². The number of hydrogen-bond acceptors (Lipinski definition) is 3. The molecule has 3 nitrogen and oxygen atoms in total. The van der Waals surface area contributed by atoms with Crippen LogP contribution >= 0.6 is 0 Å². The van der Waals surface area contributed by atoms with Crippen LogP contribution in [0.4, 0.5) is 34.1 Å². The molecule has 0 aliphatic heterocycles. The number of furan rings is 1. The Bertz CT molecular complexity index is 2120. The Balaban J connectivity index is 1.33. The molecule has 0 atom stereocenters. The van der Waals surface area contributed by atoms with Crippen LogP contribution in [0, 0.1) is 0 Å². The zero-order valence-electron chi connectivity index (χ0n) is 26.7. The maximum atomic E-state index is 6.46. The summed E-state index contributed by atoms with van der Waals surface area (Å²) in [5.41, 5.74) is 15.6. The molecule has 230 valence electrons. The molecule has 0 radical (unpaired) electrons. The number of para-hydroxylation sites is 4. The summed E-state index contributed by atoms with van der Waals surface area (Å²) in [5, 5.41) is 2.33. The van der Waals surface area contributed by atoms with Gasteiger partial charge in [0.2, 0.25) is 0 Å². The molecule has 1 heterocycles. The lowest BCUT2D eigenvalue weighted by Crippen LogP contribution is -2.25. The van der Waals surface area contributed by atoms with Crippen LogP contribution in [0.2, 0.25) is 0 Å². The van der Waals surface area contributed by atoms with Crippen molar-refractivity contribution >= 4 is 56.1 Å². The first-order valence-corrected chi connectivity index (χ1v) is 17.2. The molecular formula is C44H38N2O. The van der Waals surface area contributed by atoms with Crippen LogP contribution in [0.1, 0.15) is 47.9 Å². The van der Waals surface area contributed by atoms with Gasteiger partial charge in [-0.25, -0.2) is 0 Å². The molecule has 0 unspecified atom stereocenters. The van der Waals surface area contributed by atoms with Crippen molar-refractivity contribution in [3.63, 3.8) is 0 Å². The highest BCUT2D eigenvalue weighted by Crippen LogP contribution is 2.52. The molecule has 0 N–H and O–H groups in total. The summed E-state index contributed by atoms with van der Waals surface area (Å²) in [4.78, 5) is 5.12. The van der Waals surface area contributed by atoms with E-state index in [4.69, 9.17) is 4.42 Å². The Morgan fingerprint density at radius 3 is 1.26 bits per heavy atom. The summed E-state index contributed by atoms with van der Waals surface area (Å²) < 4.78 is 6.46. The predicted molar refractivity (Wildman–Crippen MR) is 196 cm³/mol. The van der Waals surface area contributed by atoms with Crippen LogP contribution in [0.3, 0.4) is 0 Å². The highest BCUT2D eigenvalue weighted by molar-refractivity contribution is 6.06. The lowest BCUT2D eigenvalue weighted by atomic mass is 9.78. The predicted octanol–water partition coefficient (Wildman–Crippen LogP) is 12.3. The van der Waals surface area contributed by atoms with E-state index in [1.165, 1.54) is 81.8 Å². The SMILES string of the molecule is c1ccc(N(c2ccccc2)c2c3c(c(N(c4ccccc4)c4ccc5c(c4)oc4ccccc45)c4c2CCCC4)CCCC3)cc1. The molecule has 9 rings (SSSR count). The number of benzene rings is 6. The Hall–Kier alpha value is -5.28. The van der Waals surface area contributed by atoms with Gasteiger partial charge in [-0.3, -0.25) is 0 Å². The molecule has 2 aliphatic carbocycles. The van der Waals surface area contributed by atoms with Gasteiger partial charge in [-0.2, -0.15) is 0 Å². The second-order valence-electron chi connectivity index (χ2n) is 13.0. The fraction of sp³-hybridized carbons (Fsp3) is 0.182. The zero-order valence-corrected chi connectivity index (χ0v) is 26.7. The molecule has 0 saturated carbocycles. The molecule has 7 aromatic rings. The van der Waals surface area contributed by atoms with Gasteiger partial charge < -0.3 is 14.2 Å². The first-order chi connectivity index (χ1) is 23.3. The van der Waals surface area contributed by atoms with Crippen LogP contribution in [0.15, 0.2) is 138 Å². The van der Waals surface area contributed by atoms with E-state index in [2.05, 4.69) is 143 Å². The second-order valence-corrected chi connectivity index (χ2v) is 13.0. The third kappa shape index (κ3) is 4.80. The maximum Gasteiger partial charge on any atom is 0.137 e. The molecule has 6 aromatic carbocycles. The third-order valence-corrected chi connectivity index (χ3v) is 10.2. The molecular weight excluding hydrogens is 572 g/mol. The third-order valence-electron chi connectivity index (χ3n) is 10.2. The van der Waals surface area contributed by atoms with Gasteiger partial charge >= 0.3 is 0 Å². The minimum atomic E-state index is 0.934. The largest absolute Gasteiger partial charge is 0.456 e. The number of nitrogens with zero attached hydrogens (tertiary/aromatic N) is 2. The number of fused-ring (bicyclic) bond motifs is 5. The monoisotopic (exact) mass is 610 g/mol. The van der Waals surface area contributed by atoms with Gasteiger partial charge in [0, 0.05) is 39.6 Å². The van der Waals surface area contributed by atoms with Crippen molar-refractivity contribution in [2.45, 2.75) is 51.4 Å². The van der Waals surface area contributed by atoms with Crippen LogP contribution in [0.25, 0.3) is 21.9 Å². The van der Waals surface area contributed by atoms with E-state index in [0.29, 0.717) is 0 Å². The number of rotatable bonds is 6. The summed E-state index contributed by atoms with van der Waals surface area (Å²) in [6.45, 7) is 0. The average Bonchev–Trinajstić information content (AvgIpc) is 3.52. The standard InChI is InChI=1S/C44H38N2O/c1-4-16-31(17-5-1)45(32-18-6-2-7-19-32)43-37-23-10-12-25-39(37)44(40-26-13-11-24-38(40)43)46(33-20-8-3-9-21-33)34-28-29-36-35-22-14-15-27-41(35)47-42(36)30-34/h1-9,14-22,27-30H,10-13,23-26H2. The highest BCUT2D eigenvalue weighted by atomic mass is 16.3. The van der Waals surface area contributed by atoms with E-state index >= 15 is 0 Å². The molecule has 1 aromatic heterocycles. The Kier molecular flexibility index (Phi) is 7.04. The molecule has 0 fully saturated rings. The van der Waals surface area contributed by atoms with Crippen LogP contribution in [0.5, 0.6) is 0 Å². The second kappa shape index (κ2) is 11.8. The summed E-state index contributed by atoms with van der Waals surface area (Å²) in [5.74, 6) is 0. The Morgan fingerprint density at radius 1 is 0.362 bits per heavy atom. The zero-order chi connectivity index (χ0) is 31.2. The van der Waals surface area contributed by atoms with Gasteiger partial charge in [0.25, 0.3) is 0 Å². The molecule has 47 heavy (non-hydrogen) atoms. The van der Waals surface area contributed by atoms with Gasteiger partial charge in [0.1, 0.15) is 11.2 Å². The summed E-state index contributed by atoms with van der Waals surface area (Å²) in [7, 11) is 0. The van der Waals surface area contributed by atoms with Gasteiger partial charge in [0.05, 0.1) is 11.4 Å². The van der Waals surface area contributed by atoms with E-state index in [-0.39, 0.29) is 0 Å². The van der Waals surface area contributed by atoms with Crippen molar-refractivity contribution < 1.29 is 4.42 Å². The number of hydrogen-bond donors (Lipinski definition) is 0. The van der Waals surface area contributed by atoms with E-state index in [9.17, 15) is 0 Å². The van der Waals surface area contributed by atoms with Gasteiger partial charge in [0.15, 0.2) is 0 Å². The lowest BCUT2D eigenvalue weighted by molar-refractivity contribution is 0.659. The molecule has 3 heteroatoms. The molecule has 0 spiro atoms. The quantitative estimate of drug-likeness (QED) is 0.175. The highest BCUT2D eigenvalue weighted by Gasteiger charge is 2.33. The Labute approximate surface area is 276 Å². The van der Waals surface area contributed by atoms with Crippen molar-refractivity contribution in [2.24, 2.45) is 0 Å². The Morgan fingerprint density at radius 2 is 0.766 bits per heavy atom. The van der Waals surface area contributed by atoms with E-state index in [0.717, 1.165) is 47.9 Å². The summed E-state index contributed by atoms with van der Waals surface area (Å²) >= 11 is 0. The minimum absolute atomic E-state index is 0.934. The lowest BCUT2D eigenvalue weighted by Gasteiger charge is -2.40. The molecule has 0 bridgehead atoms. The normalized spacial score (nSPS) is 14.1. The van der Waals surface area contributed by atoms with Crippen molar-refractivity contribution in [2.75, 3.05) is 9.80 Å². The van der Waals surface area contributed by atoms with Crippen molar-refractivity contribution in [1.82, 2.24) is 0 Å². The first-order valence-electron chi connectivity index (χ1n) is 17.2. The van der Waals surface area contributed by atoms with Crippen LogP contribution < -0.4 is 9.80 Å². The summed E-state index contributed by atoms with van der Waals surface area (Å²) in [6.07, 6.45) is 9.19. The topological polar surface area (TPSA) is 19.6 Å².